The molecular weight excluding hydrogens is 248 g/mol. The minimum atomic E-state index is -3.22. The van der Waals surface area contributed by atoms with E-state index in [1.54, 1.807) is 20.8 Å². The highest BCUT2D eigenvalue weighted by molar-refractivity contribution is 5.80. The van der Waals surface area contributed by atoms with Crippen molar-refractivity contribution in [1.29, 1.82) is 0 Å². The van der Waals surface area contributed by atoms with Gasteiger partial charge in [-0.25, -0.2) is 13.6 Å². The van der Waals surface area contributed by atoms with E-state index in [1.165, 1.54) is 0 Å². The van der Waals surface area contributed by atoms with Gasteiger partial charge in [-0.1, -0.05) is 0 Å². The number of carbonyl (C=O) groups is 2. The van der Waals surface area contributed by atoms with Gasteiger partial charge in [-0.3, -0.25) is 4.79 Å². The first-order valence-electron chi connectivity index (χ1n) is 5.60. The van der Waals surface area contributed by atoms with E-state index in [0.29, 0.717) is 0 Å². The molecule has 0 radical (unpaired) electrons. The summed E-state index contributed by atoms with van der Waals surface area (Å²) in [7, 11) is 0. The van der Waals surface area contributed by atoms with Crippen molar-refractivity contribution in [2.75, 3.05) is 13.1 Å². The number of amides is 1. The first-order chi connectivity index (χ1) is 8.01. The third-order valence-corrected chi connectivity index (χ3v) is 3.34. The lowest BCUT2D eigenvalue weighted by Crippen LogP contribution is -2.56. The number of nitrogens with zero attached hydrogens (tertiary/aromatic N) is 1. The van der Waals surface area contributed by atoms with E-state index in [-0.39, 0.29) is 13.1 Å². The smallest absolute Gasteiger partial charge is 0.410 e. The lowest BCUT2D eigenvalue weighted by molar-refractivity contribution is -0.141. The van der Waals surface area contributed by atoms with E-state index in [2.05, 4.69) is 0 Å². The second-order valence-corrected chi connectivity index (χ2v) is 5.89. The average molecular weight is 263 g/mol. The molecule has 0 aromatic heterocycles. The highest BCUT2D eigenvalue weighted by Gasteiger charge is 2.88. The predicted octanol–water partition coefficient (Wildman–Crippen LogP) is 1.57. The maximum atomic E-state index is 13.4. The minimum absolute atomic E-state index is 0.258. The fraction of sp³-hybridized carbons (Fsp3) is 0.818. The number of ether oxygens (including phenoxy) is 1. The molecule has 1 aliphatic heterocycles. The van der Waals surface area contributed by atoms with Gasteiger partial charge in [-0.05, 0) is 20.8 Å². The van der Waals surface area contributed by atoms with Crippen LogP contribution in [0, 0.1) is 11.3 Å². The van der Waals surface area contributed by atoms with E-state index in [4.69, 9.17) is 9.84 Å². The molecular formula is C11H15F2NO4. The Morgan fingerprint density at radius 2 is 1.83 bits per heavy atom. The van der Waals surface area contributed by atoms with E-state index < -0.39 is 34.9 Å². The van der Waals surface area contributed by atoms with Crippen molar-refractivity contribution >= 4 is 12.1 Å². The second-order valence-electron chi connectivity index (χ2n) is 5.89. The Labute approximate surface area is 103 Å². The van der Waals surface area contributed by atoms with Crippen molar-refractivity contribution in [2.45, 2.75) is 32.3 Å². The van der Waals surface area contributed by atoms with Crippen LogP contribution in [0.3, 0.4) is 0 Å². The van der Waals surface area contributed by atoms with Gasteiger partial charge in [0.05, 0.1) is 5.41 Å². The van der Waals surface area contributed by atoms with Crippen LogP contribution in [0.4, 0.5) is 13.6 Å². The molecule has 0 aromatic carbocycles. The molecule has 1 atom stereocenters. The summed E-state index contributed by atoms with van der Waals surface area (Å²) < 4.78 is 31.7. The van der Waals surface area contributed by atoms with Crippen molar-refractivity contribution in [2.24, 2.45) is 11.3 Å². The summed E-state index contributed by atoms with van der Waals surface area (Å²) in [6.45, 7) is 4.50. The number of carbonyl (C=O) groups excluding carboxylic acids is 1. The zero-order valence-corrected chi connectivity index (χ0v) is 10.4. The van der Waals surface area contributed by atoms with Gasteiger partial charge in [0, 0.05) is 13.1 Å². The minimum Gasteiger partial charge on any atom is -0.481 e. The number of alkyl halides is 2. The number of aliphatic carboxylic acids is 1. The van der Waals surface area contributed by atoms with Crippen LogP contribution >= 0.6 is 0 Å². The van der Waals surface area contributed by atoms with Crippen LogP contribution in [-0.2, 0) is 9.53 Å². The maximum absolute atomic E-state index is 13.4. The van der Waals surface area contributed by atoms with Crippen LogP contribution in [0.15, 0.2) is 0 Å². The first-order valence-corrected chi connectivity index (χ1v) is 5.60. The Hall–Kier alpha value is -1.40. The molecule has 1 amide bonds. The Morgan fingerprint density at radius 3 is 2.17 bits per heavy atom. The summed E-state index contributed by atoms with van der Waals surface area (Å²) in [6, 6.07) is 0. The molecule has 1 N–H and O–H groups in total. The summed E-state index contributed by atoms with van der Waals surface area (Å²) >= 11 is 0. The lowest BCUT2D eigenvalue weighted by Gasteiger charge is -2.40. The summed E-state index contributed by atoms with van der Waals surface area (Å²) in [4.78, 5) is 23.3. The molecule has 1 spiro atoms. The van der Waals surface area contributed by atoms with Crippen LogP contribution in [0.1, 0.15) is 20.8 Å². The zero-order valence-electron chi connectivity index (χ0n) is 10.4. The highest BCUT2D eigenvalue weighted by atomic mass is 19.3. The molecule has 2 rings (SSSR count). The normalized spacial score (nSPS) is 27.6. The van der Waals surface area contributed by atoms with Crippen LogP contribution in [0.25, 0.3) is 0 Å². The predicted molar refractivity (Wildman–Crippen MR) is 56.3 cm³/mol. The Morgan fingerprint density at radius 1 is 1.33 bits per heavy atom. The standard InChI is InChI=1S/C11H15F2NO4/c1-9(2,3)18-8(17)14-4-10(5-14)6(7(15)16)11(10,12)13/h6H,4-5H2,1-3H3,(H,15,16). The van der Waals surface area contributed by atoms with Gasteiger partial charge in [0.15, 0.2) is 0 Å². The van der Waals surface area contributed by atoms with Gasteiger partial charge in [0.1, 0.15) is 11.5 Å². The second kappa shape index (κ2) is 3.33. The van der Waals surface area contributed by atoms with Crippen molar-refractivity contribution in [3.8, 4) is 0 Å². The zero-order chi connectivity index (χ0) is 13.9. The molecule has 7 heteroatoms. The number of hydrogen-bond donors (Lipinski definition) is 1. The van der Waals surface area contributed by atoms with Crippen molar-refractivity contribution in [3.63, 3.8) is 0 Å². The Bertz CT molecular complexity index is 410. The van der Waals surface area contributed by atoms with Crippen LogP contribution in [0.5, 0.6) is 0 Å². The van der Waals surface area contributed by atoms with Gasteiger partial charge >= 0.3 is 12.1 Å². The van der Waals surface area contributed by atoms with Crippen molar-refractivity contribution in [1.82, 2.24) is 4.90 Å². The molecule has 18 heavy (non-hydrogen) atoms. The molecule has 1 saturated carbocycles. The Kier molecular flexibility index (Phi) is 2.41. The maximum Gasteiger partial charge on any atom is 0.410 e. The monoisotopic (exact) mass is 263 g/mol. The fourth-order valence-electron chi connectivity index (χ4n) is 2.38. The molecule has 1 heterocycles. The summed E-state index contributed by atoms with van der Waals surface area (Å²) in [5.74, 6) is -6.41. The molecule has 1 aliphatic carbocycles. The summed E-state index contributed by atoms with van der Waals surface area (Å²) in [5.41, 5.74) is -2.27. The Balaban J connectivity index is 1.96. The van der Waals surface area contributed by atoms with Gasteiger partial charge in [0.25, 0.3) is 5.92 Å². The van der Waals surface area contributed by atoms with Gasteiger partial charge in [0.2, 0.25) is 0 Å². The molecule has 5 nitrogen and oxygen atoms in total. The number of carboxylic acid groups (broad SMARTS) is 1. The number of rotatable bonds is 1. The van der Waals surface area contributed by atoms with E-state index >= 15 is 0 Å². The molecule has 1 unspecified atom stereocenters. The van der Waals surface area contributed by atoms with E-state index in [0.717, 1.165) is 4.90 Å². The largest absolute Gasteiger partial charge is 0.481 e. The van der Waals surface area contributed by atoms with Gasteiger partial charge in [-0.2, -0.15) is 0 Å². The molecule has 1 saturated heterocycles. The van der Waals surface area contributed by atoms with E-state index in [9.17, 15) is 18.4 Å². The van der Waals surface area contributed by atoms with Crippen LogP contribution < -0.4 is 0 Å². The lowest BCUT2D eigenvalue weighted by atomic mass is 9.93. The number of carboxylic acids is 1. The average Bonchev–Trinajstić information content (AvgIpc) is 2.56. The van der Waals surface area contributed by atoms with Crippen molar-refractivity contribution in [3.05, 3.63) is 0 Å². The van der Waals surface area contributed by atoms with Gasteiger partial charge < -0.3 is 14.7 Å². The SMILES string of the molecule is CC(C)(C)OC(=O)N1CC2(C1)C(C(=O)O)C2(F)F. The van der Waals surface area contributed by atoms with Crippen LogP contribution in [0.2, 0.25) is 0 Å². The molecule has 0 aromatic rings. The van der Waals surface area contributed by atoms with E-state index in [1.807, 2.05) is 0 Å². The van der Waals surface area contributed by atoms with Crippen LogP contribution in [-0.4, -0.2) is 46.7 Å². The van der Waals surface area contributed by atoms with Gasteiger partial charge in [-0.15, -0.1) is 0 Å². The molecule has 2 aliphatic rings. The number of likely N-dealkylation sites (tertiary alicyclic amines) is 1. The summed E-state index contributed by atoms with van der Waals surface area (Å²) in [6.07, 6.45) is -0.681. The molecule has 0 bridgehead atoms. The third-order valence-electron chi connectivity index (χ3n) is 3.34. The number of halogens is 2. The topological polar surface area (TPSA) is 66.8 Å². The highest BCUT2D eigenvalue weighted by Crippen LogP contribution is 2.70. The number of hydrogen-bond acceptors (Lipinski definition) is 3. The van der Waals surface area contributed by atoms with Crippen molar-refractivity contribution < 1.29 is 28.2 Å². The molecule has 2 fully saturated rings. The quantitative estimate of drug-likeness (QED) is 0.779. The molecule has 102 valence electrons. The fourth-order valence-corrected chi connectivity index (χ4v) is 2.38. The summed E-state index contributed by atoms with van der Waals surface area (Å²) in [5, 5.41) is 8.69. The third kappa shape index (κ3) is 1.64. The first kappa shape index (κ1) is 13.0.